The Morgan fingerprint density at radius 1 is 1.00 bits per heavy atom. The van der Waals surface area contributed by atoms with Crippen molar-refractivity contribution in [2.45, 2.75) is 6.42 Å². The molecule has 11 heavy (non-hydrogen) atoms. The smallest absolute Gasteiger partial charge is 0 e. The Bertz CT molecular complexity index is 67.6. The summed E-state index contributed by atoms with van der Waals surface area (Å²) in [5.41, 5.74) is 0. The van der Waals surface area contributed by atoms with E-state index in [0.29, 0.717) is 0 Å². The molecule has 0 aromatic heterocycles. The molecule has 1 aliphatic carbocycles. The summed E-state index contributed by atoms with van der Waals surface area (Å²) in [5, 5.41) is 0. The molecule has 1 radical (unpaired) electrons. The van der Waals surface area contributed by atoms with E-state index in [-0.39, 0.29) is 66.9 Å². The van der Waals surface area contributed by atoms with E-state index in [1.165, 1.54) is 0 Å². The summed E-state index contributed by atoms with van der Waals surface area (Å²) in [5.74, 6) is 0. The Morgan fingerprint density at radius 3 is 1.55 bits per heavy atom. The van der Waals surface area contributed by atoms with Gasteiger partial charge in [-0.3, -0.25) is 6.08 Å². The van der Waals surface area contributed by atoms with Gasteiger partial charge in [0.2, 0.25) is 0 Å². The summed E-state index contributed by atoms with van der Waals surface area (Å²) in [7, 11) is 0. The first-order valence-electron chi connectivity index (χ1n) is 1.72. The van der Waals surface area contributed by atoms with Crippen molar-refractivity contribution in [3.8, 4) is 0 Å². The van der Waals surface area contributed by atoms with E-state index in [1.54, 1.807) is 0 Å². The van der Waals surface area contributed by atoms with Gasteiger partial charge in [-0.2, -0.15) is 6.08 Å². The van der Waals surface area contributed by atoms with Crippen LogP contribution < -0.4 is 0 Å². The molecule has 1 rings (SSSR count). The molecule has 2 heteroatoms. The van der Waals surface area contributed by atoms with Gasteiger partial charge in [0.25, 0.3) is 0 Å². The van der Waals surface area contributed by atoms with E-state index in [1.807, 2.05) is 12.2 Å². The molecule has 0 amide bonds. The standard InChI is InChI=1S/C5H5.4CH3.H3Si.Zr/c1-2-4-5-3-1;;;;;;/h1-3H,4H2;5*1H3;/q5*-1;;. The largest absolute Gasteiger partial charge is 0.358 e. The van der Waals surface area contributed by atoms with E-state index in [9.17, 15) is 0 Å². The van der Waals surface area contributed by atoms with Crippen LogP contribution in [0.3, 0.4) is 0 Å². The number of allylic oxidation sites excluding steroid dienone is 4. The Hall–Kier alpha value is 0.580. The molecule has 0 spiro atoms. The zero-order chi connectivity index (χ0) is 3.54. The van der Waals surface area contributed by atoms with Crippen molar-refractivity contribution < 1.29 is 26.2 Å². The van der Waals surface area contributed by atoms with Crippen molar-refractivity contribution in [3.63, 3.8) is 0 Å². The molecule has 0 bridgehead atoms. The molecule has 0 fully saturated rings. The van der Waals surface area contributed by atoms with Crippen LogP contribution in [0.25, 0.3) is 0 Å². The van der Waals surface area contributed by atoms with Gasteiger partial charge in [0.15, 0.2) is 0 Å². The number of hydrogen-bond acceptors (Lipinski definition) is 0. The normalized spacial score (nSPS) is 8.00. The first kappa shape index (κ1) is 41.6. The van der Waals surface area contributed by atoms with Gasteiger partial charge >= 0.3 is 0 Å². The van der Waals surface area contributed by atoms with E-state index in [2.05, 4.69) is 12.2 Å². The predicted molar refractivity (Wildman–Crippen MR) is 57.2 cm³/mol. The number of rotatable bonds is 0. The third kappa shape index (κ3) is 25.0. The first-order valence-corrected chi connectivity index (χ1v) is 1.72. The molecule has 0 unspecified atom stereocenters. The summed E-state index contributed by atoms with van der Waals surface area (Å²) in [6.07, 6.45) is 10.0. The van der Waals surface area contributed by atoms with Gasteiger partial charge in [-0.05, 0) is 11.0 Å². The van der Waals surface area contributed by atoms with Crippen molar-refractivity contribution >= 4 is 11.0 Å². The topological polar surface area (TPSA) is 0 Å². The zero-order valence-corrected chi connectivity index (χ0v) is 12.9. The molecule has 0 saturated carbocycles. The van der Waals surface area contributed by atoms with Crippen molar-refractivity contribution in [3.05, 3.63) is 54.0 Å². The first-order chi connectivity index (χ1) is 2.50. The van der Waals surface area contributed by atoms with E-state index < -0.39 is 0 Å². The van der Waals surface area contributed by atoms with Crippen molar-refractivity contribution in [2.75, 3.05) is 0 Å². The molecule has 0 aromatic carbocycles. The molecule has 0 nitrogen and oxygen atoms in total. The fourth-order valence-electron chi connectivity index (χ4n) is 0.340. The number of hydrogen-bond donors (Lipinski definition) is 0. The van der Waals surface area contributed by atoms with Gasteiger partial charge in [0, 0.05) is 26.2 Å². The minimum absolute atomic E-state index is 0. The van der Waals surface area contributed by atoms with Crippen molar-refractivity contribution in [1.82, 2.24) is 0 Å². The second-order valence-electron chi connectivity index (χ2n) is 1.00. The molecule has 0 atom stereocenters. The van der Waals surface area contributed by atoms with Gasteiger partial charge in [-0.25, -0.2) is 12.2 Å². The second kappa shape index (κ2) is 31.2. The average molecular weight is 248 g/mol. The van der Waals surface area contributed by atoms with E-state index in [0.717, 1.165) is 6.42 Å². The molecule has 1 aliphatic rings. The second-order valence-corrected chi connectivity index (χ2v) is 1.00. The monoisotopic (exact) mass is 246 g/mol. The minimum Gasteiger partial charge on any atom is -0.358 e. The molecule has 0 aliphatic heterocycles. The van der Waals surface area contributed by atoms with Gasteiger partial charge in [0.1, 0.15) is 0 Å². The Kier molecular flexibility index (Phi) is 118. The van der Waals surface area contributed by atoms with Crippen LogP contribution in [0.15, 0.2) is 18.2 Å². The SMILES string of the molecule is [C-]1=CC=CC1.[CH3-].[CH3-].[CH3-].[CH3-].[SiH3].[Zr]. The van der Waals surface area contributed by atoms with Crippen LogP contribution in [0.5, 0.6) is 0 Å². The van der Waals surface area contributed by atoms with E-state index in [4.69, 9.17) is 0 Å². The maximum Gasteiger partial charge on any atom is 0 e. The summed E-state index contributed by atoms with van der Waals surface area (Å²) in [6.45, 7) is 0. The Labute approximate surface area is 97.3 Å². The average Bonchev–Trinajstić information content (AvgIpc) is 1.76. The van der Waals surface area contributed by atoms with Gasteiger partial charge in [-0.1, -0.05) is 0 Å². The van der Waals surface area contributed by atoms with Crippen LogP contribution in [-0.2, 0) is 26.2 Å². The van der Waals surface area contributed by atoms with Gasteiger partial charge in [-0.15, -0.1) is 6.42 Å². The van der Waals surface area contributed by atoms with Crippen molar-refractivity contribution in [2.24, 2.45) is 0 Å². The molecule has 0 aromatic rings. The minimum atomic E-state index is 0. The molecule has 0 heterocycles. The maximum absolute atomic E-state index is 2.99. The van der Waals surface area contributed by atoms with Crippen LogP contribution in [0, 0.1) is 35.8 Å². The quantitative estimate of drug-likeness (QED) is 0.453. The third-order valence-electron chi connectivity index (χ3n) is 0.586. The predicted octanol–water partition coefficient (Wildman–Crippen LogP) is 1.92. The molecule has 0 saturated heterocycles. The maximum atomic E-state index is 2.99. The van der Waals surface area contributed by atoms with Crippen molar-refractivity contribution in [1.29, 1.82) is 0 Å². The van der Waals surface area contributed by atoms with Crippen LogP contribution in [0.2, 0.25) is 0 Å². The summed E-state index contributed by atoms with van der Waals surface area (Å²) in [4.78, 5) is 0. The third-order valence-corrected chi connectivity index (χ3v) is 0.586. The fourth-order valence-corrected chi connectivity index (χ4v) is 0.340. The zero-order valence-electron chi connectivity index (χ0n) is 8.44. The van der Waals surface area contributed by atoms with E-state index >= 15 is 0 Å². The van der Waals surface area contributed by atoms with Crippen LogP contribution in [0.1, 0.15) is 6.42 Å². The summed E-state index contributed by atoms with van der Waals surface area (Å²) >= 11 is 0. The fraction of sp³-hybridized carbons (Fsp3) is 0.111. The molecule has 0 N–H and O–H groups in total. The molecular weight excluding hydrogens is 227 g/mol. The molecular formula is C9H20SiZr-5. The Morgan fingerprint density at radius 2 is 1.45 bits per heavy atom. The van der Waals surface area contributed by atoms with Gasteiger partial charge < -0.3 is 29.7 Å². The summed E-state index contributed by atoms with van der Waals surface area (Å²) < 4.78 is 0. The van der Waals surface area contributed by atoms with Crippen LogP contribution >= 0.6 is 0 Å². The molecule has 69 valence electrons. The Balaban J connectivity index is -0.0000000104. The van der Waals surface area contributed by atoms with Crippen LogP contribution in [-0.4, -0.2) is 11.0 Å². The van der Waals surface area contributed by atoms with Gasteiger partial charge in [0.05, 0.1) is 0 Å². The summed E-state index contributed by atoms with van der Waals surface area (Å²) in [6, 6.07) is 0. The van der Waals surface area contributed by atoms with Crippen LogP contribution in [0.4, 0.5) is 0 Å².